The number of phenols is 1. The van der Waals surface area contributed by atoms with Gasteiger partial charge in [-0.05, 0) is 84.3 Å². The van der Waals surface area contributed by atoms with Crippen molar-refractivity contribution in [2.24, 2.45) is 0 Å². The predicted octanol–water partition coefficient (Wildman–Crippen LogP) is 7.01. The topological polar surface area (TPSA) is 23.5 Å². The summed E-state index contributed by atoms with van der Waals surface area (Å²) in [5, 5.41) is 9.59. The molecular weight excluding hydrogens is 390 g/mol. The highest BCUT2D eigenvalue weighted by Crippen LogP contribution is 2.39. The van der Waals surface area contributed by atoms with Gasteiger partial charge in [0.15, 0.2) is 0 Å². The van der Waals surface area contributed by atoms with Gasteiger partial charge < -0.3 is 5.11 Å². The monoisotopic (exact) mass is 421 g/mol. The van der Waals surface area contributed by atoms with Gasteiger partial charge in [-0.15, -0.1) is 0 Å². The number of rotatable bonds is 5. The molecule has 1 saturated carbocycles. The second-order valence-corrected chi connectivity index (χ2v) is 8.93. The molecule has 0 bridgehead atoms. The van der Waals surface area contributed by atoms with Crippen LogP contribution < -0.4 is 0 Å². The lowest BCUT2D eigenvalue weighted by molar-refractivity contribution is 0.121. The highest BCUT2D eigenvalue weighted by molar-refractivity contribution is 5.88. The van der Waals surface area contributed by atoms with E-state index in [-0.39, 0.29) is 0 Å². The number of phenolic OH excluding ortho intramolecular Hbond substituents is 1. The first-order valence-corrected chi connectivity index (χ1v) is 11.9. The molecule has 2 heteroatoms. The molecule has 0 amide bonds. The number of nitrogens with zero attached hydrogens (tertiary/aromatic N) is 1. The lowest BCUT2D eigenvalue weighted by Gasteiger charge is -2.43. The second kappa shape index (κ2) is 9.58. The summed E-state index contributed by atoms with van der Waals surface area (Å²) in [6.07, 6.45) is 10.7. The van der Waals surface area contributed by atoms with Gasteiger partial charge in [-0.25, -0.2) is 0 Å². The van der Waals surface area contributed by atoms with Crippen LogP contribution in [-0.2, 0) is 0 Å². The Hall–Kier alpha value is -3.10. The molecule has 1 atom stereocenters. The smallest absolute Gasteiger partial charge is 0.115 e. The van der Waals surface area contributed by atoms with Crippen LogP contribution >= 0.6 is 0 Å². The third-order valence-corrected chi connectivity index (χ3v) is 6.87. The first kappa shape index (κ1) is 20.8. The van der Waals surface area contributed by atoms with E-state index in [4.69, 9.17) is 0 Å². The van der Waals surface area contributed by atoms with E-state index in [1.807, 2.05) is 12.1 Å². The Morgan fingerprint density at radius 2 is 1.53 bits per heavy atom. The molecule has 1 aliphatic carbocycles. The maximum atomic E-state index is 9.59. The Bertz CT molecular complexity index is 1110. The molecule has 5 rings (SSSR count). The van der Waals surface area contributed by atoms with E-state index in [0.717, 1.165) is 5.56 Å². The first-order valence-electron chi connectivity index (χ1n) is 11.9. The van der Waals surface area contributed by atoms with Gasteiger partial charge in [-0.3, -0.25) is 4.90 Å². The molecule has 0 aromatic heterocycles. The highest BCUT2D eigenvalue weighted by Gasteiger charge is 2.31. The van der Waals surface area contributed by atoms with Gasteiger partial charge in [0.05, 0.1) is 0 Å². The lowest BCUT2D eigenvalue weighted by atomic mass is 9.79. The van der Waals surface area contributed by atoms with Gasteiger partial charge in [0.25, 0.3) is 0 Å². The number of likely N-dealkylation sites (tertiary alicyclic amines) is 1. The molecule has 2 aliphatic rings. The zero-order valence-corrected chi connectivity index (χ0v) is 18.6. The van der Waals surface area contributed by atoms with Gasteiger partial charge in [0.1, 0.15) is 5.75 Å². The van der Waals surface area contributed by atoms with Crippen LogP contribution in [-0.4, -0.2) is 29.1 Å². The van der Waals surface area contributed by atoms with Crippen LogP contribution in [0.1, 0.15) is 54.4 Å². The summed E-state index contributed by atoms with van der Waals surface area (Å²) >= 11 is 0. The van der Waals surface area contributed by atoms with E-state index in [2.05, 4.69) is 71.6 Å². The van der Waals surface area contributed by atoms with Gasteiger partial charge in [0.2, 0.25) is 0 Å². The fourth-order valence-electron chi connectivity index (χ4n) is 5.10. The van der Waals surface area contributed by atoms with Crippen LogP contribution in [0.2, 0.25) is 0 Å². The maximum absolute atomic E-state index is 9.59. The third kappa shape index (κ3) is 4.42. The summed E-state index contributed by atoms with van der Waals surface area (Å²) in [6.45, 7) is 2.47. The van der Waals surface area contributed by atoms with E-state index < -0.39 is 0 Å². The summed E-state index contributed by atoms with van der Waals surface area (Å²) in [6, 6.07) is 27.7. The molecule has 162 valence electrons. The van der Waals surface area contributed by atoms with E-state index in [1.165, 1.54) is 67.5 Å². The van der Waals surface area contributed by atoms with Crippen molar-refractivity contribution in [2.45, 2.75) is 38.1 Å². The summed E-state index contributed by atoms with van der Waals surface area (Å²) in [5.41, 5.74) is 8.00. The van der Waals surface area contributed by atoms with Crippen LogP contribution in [0.5, 0.6) is 5.75 Å². The Morgan fingerprint density at radius 1 is 0.781 bits per heavy atom. The zero-order chi connectivity index (χ0) is 21.8. The molecule has 2 fully saturated rings. The largest absolute Gasteiger partial charge is 0.508 e. The molecule has 3 aromatic rings. The van der Waals surface area contributed by atoms with E-state index in [9.17, 15) is 5.11 Å². The van der Waals surface area contributed by atoms with Crippen molar-refractivity contribution >= 4 is 17.7 Å². The fourth-order valence-corrected chi connectivity index (χ4v) is 5.10. The number of hydrogen-bond acceptors (Lipinski definition) is 2. The quantitative estimate of drug-likeness (QED) is 0.448. The molecule has 2 nitrogen and oxygen atoms in total. The van der Waals surface area contributed by atoms with E-state index in [1.54, 1.807) is 17.7 Å². The van der Waals surface area contributed by atoms with E-state index >= 15 is 0 Å². The summed E-state index contributed by atoms with van der Waals surface area (Å²) in [7, 11) is 0. The van der Waals surface area contributed by atoms with Crippen molar-refractivity contribution in [1.29, 1.82) is 0 Å². The Labute approximate surface area is 191 Å². The van der Waals surface area contributed by atoms with Crippen molar-refractivity contribution in [3.05, 3.63) is 107 Å². The minimum absolute atomic E-state index is 0.299. The van der Waals surface area contributed by atoms with Gasteiger partial charge >= 0.3 is 0 Å². The average Bonchev–Trinajstić information content (AvgIpc) is 2.80. The van der Waals surface area contributed by atoms with E-state index in [0.29, 0.717) is 11.8 Å². The minimum Gasteiger partial charge on any atom is -0.508 e. The molecular formula is C30H31NO. The molecule has 0 radical (unpaired) electrons. The summed E-state index contributed by atoms with van der Waals surface area (Å²) in [4.78, 5) is 2.69. The summed E-state index contributed by atoms with van der Waals surface area (Å²) in [5.74, 6) is 0.299. The molecule has 3 aromatic carbocycles. The number of benzene rings is 3. The zero-order valence-electron chi connectivity index (χ0n) is 18.6. The standard InChI is InChI=1S/C30H31NO/c32-26-19-16-23(17-20-26)15-18-24-9-4-5-12-27(24)30(25-10-2-1-3-11-25)28-13-6-7-14-29(28)31-21-8-22-31/h1-5,9-12,15-20,29,32H,6-8,13-14,21-22H2. The molecule has 1 heterocycles. The fraction of sp³-hybridized carbons (Fsp3) is 0.267. The van der Waals surface area contributed by atoms with Crippen molar-refractivity contribution in [3.8, 4) is 5.75 Å². The van der Waals surface area contributed by atoms with Crippen molar-refractivity contribution in [1.82, 2.24) is 4.90 Å². The molecule has 1 unspecified atom stereocenters. The normalized spacial score (nSPS) is 20.8. The molecule has 1 N–H and O–H groups in total. The predicted molar refractivity (Wildman–Crippen MR) is 134 cm³/mol. The average molecular weight is 422 g/mol. The van der Waals surface area contributed by atoms with Gasteiger partial charge in [0, 0.05) is 6.04 Å². The highest BCUT2D eigenvalue weighted by atomic mass is 16.3. The SMILES string of the molecule is Oc1ccc(C=Cc2ccccc2C(=C2CCCCC2N2CCC2)c2ccccc2)cc1. The van der Waals surface area contributed by atoms with Crippen LogP contribution in [0.4, 0.5) is 0 Å². The first-order chi connectivity index (χ1) is 15.8. The van der Waals surface area contributed by atoms with Crippen LogP contribution in [0.3, 0.4) is 0 Å². The van der Waals surface area contributed by atoms with Crippen molar-refractivity contribution < 1.29 is 5.11 Å². The summed E-state index contributed by atoms with van der Waals surface area (Å²) < 4.78 is 0. The number of aromatic hydroxyl groups is 1. The van der Waals surface area contributed by atoms with Gasteiger partial charge in [-0.2, -0.15) is 0 Å². The Kier molecular flexibility index (Phi) is 6.22. The second-order valence-electron chi connectivity index (χ2n) is 8.93. The van der Waals surface area contributed by atoms with Crippen LogP contribution in [0, 0.1) is 0 Å². The van der Waals surface area contributed by atoms with Gasteiger partial charge in [-0.1, -0.05) is 85.3 Å². The van der Waals surface area contributed by atoms with Crippen LogP contribution in [0.15, 0.2) is 84.4 Å². The van der Waals surface area contributed by atoms with Crippen LogP contribution in [0.25, 0.3) is 17.7 Å². The molecule has 0 spiro atoms. The Balaban J connectivity index is 1.62. The number of hydrogen-bond donors (Lipinski definition) is 1. The molecule has 1 saturated heterocycles. The maximum Gasteiger partial charge on any atom is 0.115 e. The van der Waals surface area contributed by atoms with Crippen molar-refractivity contribution in [2.75, 3.05) is 13.1 Å². The molecule has 1 aliphatic heterocycles. The lowest BCUT2D eigenvalue weighted by Crippen LogP contribution is -2.47. The minimum atomic E-state index is 0.299. The third-order valence-electron chi connectivity index (χ3n) is 6.87. The molecule has 32 heavy (non-hydrogen) atoms. The Morgan fingerprint density at radius 3 is 2.28 bits per heavy atom. The van der Waals surface area contributed by atoms with Crippen molar-refractivity contribution in [3.63, 3.8) is 0 Å².